The highest BCUT2D eigenvalue weighted by Crippen LogP contribution is 2.39. The highest BCUT2D eigenvalue weighted by molar-refractivity contribution is 6.31. The molecule has 0 saturated heterocycles. The van der Waals surface area contributed by atoms with Crippen LogP contribution in [0.15, 0.2) is 0 Å². The summed E-state index contributed by atoms with van der Waals surface area (Å²) >= 11 is 6.41. The van der Waals surface area contributed by atoms with Crippen LogP contribution >= 0.6 is 11.6 Å². The zero-order chi connectivity index (χ0) is 13.3. The fourth-order valence-electron chi connectivity index (χ4n) is 2.45. The number of aryl methyl sites for hydroxylation is 2. The van der Waals surface area contributed by atoms with Crippen LogP contribution in [0.3, 0.4) is 0 Å². The van der Waals surface area contributed by atoms with Gasteiger partial charge >= 0.3 is 0 Å². The fourth-order valence-corrected chi connectivity index (χ4v) is 2.78. The van der Waals surface area contributed by atoms with Crippen molar-refractivity contribution in [1.82, 2.24) is 15.1 Å². The fraction of sp³-hybridized carbons (Fsp3) is 0.786. The maximum Gasteiger partial charge on any atom is 0.0863 e. The Morgan fingerprint density at radius 1 is 1.39 bits per heavy atom. The molecule has 1 N–H and O–H groups in total. The molecule has 1 aromatic rings. The van der Waals surface area contributed by atoms with E-state index in [2.05, 4.69) is 38.1 Å². The molecule has 18 heavy (non-hydrogen) atoms. The molecular weight excluding hydrogens is 246 g/mol. The predicted molar refractivity (Wildman–Crippen MR) is 75.9 cm³/mol. The van der Waals surface area contributed by atoms with Crippen LogP contribution in [0.5, 0.6) is 0 Å². The summed E-state index contributed by atoms with van der Waals surface area (Å²) in [6.07, 6.45) is 3.59. The predicted octanol–water partition coefficient (Wildman–Crippen LogP) is 3.40. The number of hydrogen-bond donors (Lipinski definition) is 1. The maximum atomic E-state index is 6.41. The van der Waals surface area contributed by atoms with E-state index in [1.165, 1.54) is 12.8 Å². The van der Waals surface area contributed by atoms with Crippen molar-refractivity contribution in [3.63, 3.8) is 0 Å². The van der Waals surface area contributed by atoms with Gasteiger partial charge < -0.3 is 5.32 Å². The van der Waals surface area contributed by atoms with Crippen LogP contribution in [0.25, 0.3) is 0 Å². The Morgan fingerprint density at radius 2 is 2.06 bits per heavy atom. The van der Waals surface area contributed by atoms with Gasteiger partial charge in [0.1, 0.15) is 0 Å². The van der Waals surface area contributed by atoms with Gasteiger partial charge in [-0.3, -0.25) is 4.68 Å². The third kappa shape index (κ3) is 2.72. The summed E-state index contributed by atoms with van der Waals surface area (Å²) in [7, 11) is 0. The summed E-state index contributed by atoms with van der Waals surface area (Å²) in [5.41, 5.74) is 2.35. The molecule has 0 bridgehead atoms. The number of halogens is 1. The molecule has 0 aliphatic heterocycles. The van der Waals surface area contributed by atoms with Gasteiger partial charge in [-0.05, 0) is 46.0 Å². The summed E-state index contributed by atoms with van der Waals surface area (Å²) < 4.78 is 2.02. The molecule has 1 aromatic heterocycles. The molecule has 1 fully saturated rings. The first-order chi connectivity index (χ1) is 8.49. The second-order valence-corrected chi connectivity index (χ2v) is 6.10. The van der Waals surface area contributed by atoms with Gasteiger partial charge in [-0.25, -0.2) is 0 Å². The zero-order valence-corrected chi connectivity index (χ0v) is 12.6. The summed E-state index contributed by atoms with van der Waals surface area (Å²) in [5, 5.41) is 9.04. The Morgan fingerprint density at radius 3 is 2.56 bits per heavy atom. The first-order valence-corrected chi connectivity index (χ1v) is 7.36. The average molecular weight is 270 g/mol. The van der Waals surface area contributed by atoms with Gasteiger partial charge in [-0.15, -0.1) is 0 Å². The molecule has 0 amide bonds. The smallest absolute Gasteiger partial charge is 0.0863 e. The Bertz CT molecular complexity index is 419. The quantitative estimate of drug-likeness (QED) is 0.858. The molecule has 1 saturated carbocycles. The number of nitrogens with one attached hydrogen (secondary N) is 1. The van der Waals surface area contributed by atoms with Crippen LogP contribution in [-0.2, 0) is 19.5 Å². The minimum atomic E-state index is 0.207. The molecule has 0 spiro atoms. The minimum absolute atomic E-state index is 0.207. The largest absolute Gasteiger partial charge is 0.306 e. The van der Waals surface area contributed by atoms with Crippen LogP contribution in [0.1, 0.15) is 51.9 Å². The second kappa shape index (κ2) is 5.22. The topological polar surface area (TPSA) is 29.9 Å². The lowest BCUT2D eigenvalue weighted by Crippen LogP contribution is -2.41. The molecule has 0 aromatic carbocycles. The van der Waals surface area contributed by atoms with Gasteiger partial charge in [0.25, 0.3) is 0 Å². The molecule has 1 aliphatic carbocycles. The van der Waals surface area contributed by atoms with Crippen LogP contribution in [0.2, 0.25) is 5.02 Å². The van der Waals surface area contributed by atoms with E-state index in [0.717, 1.165) is 41.8 Å². The van der Waals surface area contributed by atoms with Crippen molar-refractivity contribution in [2.45, 2.75) is 65.6 Å². The lowest BCUT2D eigenvalue weighted by atomic mass is 9.99. The van der Waals surface area contributed by atoms with Gasteiger partial charge in [0, 0.05) is 18.6 Å². The van der Waals surface area contributed by atoms with Crippen LogP contribution in [-0.4, -0.2) is 15.3 Å². The first-order valence-electron chi connectivity index (χ1n) is 6.98. The Kier molecular flexibility index (Phi) is 4.02. The van der Waals surface area contributed by atoms with E-state index < -0.39 is 0 Å². The lowest BCUT2D eigenvalue weighted by Gasteiger charge is -2.26. The molecular formula is C14H24ClN3. The molecule has 0 radical (unpaired) electrons. The number of hydrogen-bond acceptors (Lipinski definition) is 2. The summed E-state index contributed by atoms with van der Waals surface area (Å²) in [6.45, 7) is 10.5. The number of rotatable bonds is 6. The monoisotopic (exact) mass is 269 g/mol. The van der Waals surface area contributed by atoms with E-state index >= 15 is 0 Å². The number of nitrogens with zero attached hydrogens (tertiary/aromatic N) is 2. The minimum Gasteiger partial charge on any atom is -0.306 e. The number of aromatic nitrogens is 2. The molecule has 3 nitrogen and oxygen atoms in total. The summed E-state index contributed by atoms with van der Waals surface area (Å²) in [4.78, 5) is 0. The Hall–Kier alpha value is -0.540. The maximum absolute atomic E-state index is 6.41. The molecule has 0 unspecified atom stereocenters. The molecule has 1 heterocycles. The third-order valence-corrected chi connectivity index (χ3v) is 4.44. The average Bonchev–Trinajstić information content (AvgIpc) is 3.13. The van der Waals surface area contributed by atoms with Gasteiger partial charge in [-0.1, -0.05) is 18.5 Å². The Balaban J connectivity index is 2.10. The second-order valence-electron chi connectivity index (χ2n) is 5.73. The van der Waals surface area contributed by atoms with Gasteiger partial charge in [0.05, 0.1) is 16.4 Å². The highest BCUT2D eigenvalue weighted by Gasteiger charge is 2.37. The summed E-state index contributed by atoms with van der Waals surface area (Å²) in [6, 6.07) is 0. The van der Waals surface area contributed by atoms with E-state index in [1.807, 2.05) is 4.68 Å². The van der Waals surface area contributed by atoms with E-state index in [-0.39, 0.29) is 5.54 Å². The Labute approximate surface area is 115 Å². The van der Waals surface area contributed by atoms with Crippen molar-refractivity contribution in [1.29, 1.82) is 0 Å². The van der Waals surface area contributed by atoms with Crippen molar-refractivity contribution >= 4 is 11.6 Å². The van der Waals surface area contributed by atoms with E-state index in [0.29, 0.717) is 0 Å². The lowest BCUT2D eigenvalue weighted by molar-refractivity contribution is 0.334. The van der Waals surface area contributed by atoms with E-state index in [4.69, 9.17) is 11.6 Å². The van der Waals surface area contributed by atoms with Crippen molar-refractivity contribution < 1.29 is 0 Å². The molecule has 2 rings (SSSR count). The van der Waals surface area contributed by atoms with E-state index in [1.54, 1.807) is 0 Å². The third-order valence-electron chi connectivity index (χ3n) is 4.00. The van der Waals surface area contributed by atoms with Gasteiger partial charge in [-0.2, -0.15) is 5.10 Å². The SMILES string of the molecule is CCc1nn(CC)c(CNC(C)(C)C2CC2)c1Cl. The molecule has 1 aliphatic rings. The summed E-state index contributed by atoms with van der Waals surface area (Å²) in [5.74, 6) is 0.819. The normalized spacial score (nSPS) is 16.3. The van der Waals surface area contributed by atoms with Crippen molar-refractivity contribution in [2.24, 2.45) is 5.92 Å². The first kappa shape index (κ1) is 13.9. The van der Waals surface area contributed by atoms with E-state index in [9.17, 15) is 0 Å². The molecule has 4 heteroatoms. The van der Waals surface area contributed by atoms with Crippen molar-refractivity contribution in [3.05, 3.63) is 16.4 Å². The van der Waals surface area contributed by atoms with Crippen LogP contribution < -0.4 is 5.32 Å². The zero-order valence-electron chi connectivity index (χ0n) is 11.9. The van der Waals surface area contributed by atoms with Gasteiger partial charge in [0.2, 0.25) is 0 Å². The van der Waals surface area contributed by atoms with Gasteiger partial charge in [0.15, 0.2) is 0 Å². The standard InChI is InChI=1S/C14H24ClN3/c1-5-11-13(15)12(18(6-2)17-11)9-16-14(3,4)10-7-8-10/h10,16H,5-9H2,1-4H3. The van der Waals surface area contributed by atoms with Crippen LogP contribution in [0, 0.1) is 5.92 Å². The van der Waals surface area contributed by atoms with Crippen LogP contribution in [0.4, 0.5) is 0 Å². The van der Waals surface area contributed by atoms with Crippen molar-refractivity contribution in [3.8, 4) is 0 Å². The highest BCUT2D eigenvalue weighted by atomic mass is 35.5. The van der Waals surface area contributed by atoms with Crippen molar-refractivity contribution in [2.75, 3.05) is 0 Å². The molecule has 102 valence electrons. The molecule has 0 atom stereocenters.